The number of carbonyl (C=O) groups excluding carboxylic acids is 1. The molecule has 0 radical (unpaired) electrons. The lowest BCUT2D eigenvalue weighted by Gasteiger charge is -2.17. The minimum Gasteiger partial charge on any atom is -0.493 e. The van der Waals surface area contributed by atoms with Crippen molar-refractivity contribution in [2.24, 2.45) is 5.10 Å². The van der Waals surface area contributed by atoms with Crippen molar-refractivity contribution in [1.29, 1.82) is 0 Å². The van der Waals surface area contributed by atoms with Crippen molar-refractivity contribution in [2.75, 3.05) is 6.61 Å². The van der Waals surface area contributed by atoms with Gasteiger partial charge < -0.3 is 4.74 Å². The number of rotatable bonds is 12. The molecule has 0 aliphatic carbocycles. The van der Waals surface area contributed by atoms with Gasteiger partial charge in [0.15, 0.2) is 0 Å². The van der Waals surface area contributed by atoms with Crippen LogP contribution in [-0.2, 0) is 21.2 Å². The maximum Gasteiger partial charge on any atom is 0.258 e. The number of carbonyl (C=O) groups is 1. The zero-order valence-corrected chi connectivity index (χ0v) is 20.8. The Balaban J connectivity index is 1.75. The zero-order valence-electron chi connectivity index (χ0n) is 20.0. The first-order chi connectivity index (χ1) is 16.9. The van der Waals surface area contributed by atoms with E-state index >= 15 is 0 Å². The Kier molecular flexibility index (Phi) is 9.57. The van der Waals surface area contributed by atoms with Gasteiger partial charge in [-0.3, -0.25) is 4.79 Å². The van der Waals surface area contributed by atoms with Gasteiger partial charge in [-0.05, 0) is 49.6 Å². The van der Waals surface area contributed by atoms with Gasteiger partial charge in [0.2, 0.25) is 10.0 Å². The van der Waals surface area contributed by atoms with E-state index in [0.29, 0.717) is 17.9 Å². The minimum absolute atomic E-state index is 0.0932. The molecule has 0 saturated carbocycles. The number of unbranched alkanes of at least 4 members (excludes halogenated alkanes) is 1. The summed E-state index contributed by atoms with van der Waals surface area (Å²) in [5.41, 5.74) is 4.95. The number of nitrogens with zero attached hydrogens (tertiary/aromatic N) is 1. The summed E-state index contributed by atoms with van der Waals surface area (Å²) in [6.07, 6.45) is 3.62. The molecule has 1 unspecified atom stereocenters. The van der Waals surface area contributed by atoms with E-state index in [1.165, 1.54) is 18.3 Å². The van der Waals surface area contributed by atoms with Crippen LogP contribution in [0, 0.1) is 6.92 Å². The molecule has 0 spiro atoms. The fraction of sp³-hybridized carbons (Fsp3) is 0.259. The van der Waals surface area contributed by atoms with Crippen LogP contribution in [0.2, 0.25) is 0 Å². The molecular formula is C27H31N3O4S. The lowest BCUT2D eigenvalue weighted by atomic mass is 10.1. The Morgan fingerprint density at radius 2 is 1.69 bits per heavy atom. The summed E-state index contributed by atoms with van der Waals surface area (Å²) in [6, 6.07) is 22.0. The second-order valence-electron chi connectivity index (χ2n) is 8.15. The van der Waals surface area contributed by atoms with Crippen LogP contribution in [0.5, 0.6) is 5.75 Å². The summed E-state index contributed by atoms with van der Waals surface area (Å²) >= 11 is 0. The lowest BCUT2D eigenvalue weighted by Crippen LogP contribution is -2.46. The van der Waals surface area contributed by atoms with E-state index in [9.17, 15) is 13.2 Å². The Hall–Kier alpha value is -3.49. The number of benzene rings is 3. The minimum atomic E-state index is -3.92. The van der Waals surface area contributed by atoms with Crippen LogP contribution in [0.25, 0.3) is 0 Å². The molecule has 1 atom stereocenters. The highest BCUT2D eigenvalue weighted by atomic mass is 32.2. The van der Waals surface area contributed by atoms with Crippen molar-refractivity contribution in [1.82, 2.24) is 10.1 Å². The Morgan fingerprint density at radius 3 is 2.40 bits per heavy atom. The second kappa shape index (κ2) is 12.8. The highest BCUT2D eigenvalue weighted by molar-refractivity contribution is 7.89. The topological polar surface area (TPSA) is 96.9 Å². The van der Waals surface area contributed by atoms with Gasteiger partial charge in [-0.1, -0.05) is 73.5 Å². The third kappa shape index (κ3) is 8.05. The van der Waals surface area contributed by atoms with E-state index in [4.69, 9.17) is 4.74 Å². The SMILES string of the molecule is CCCCOc1ccccc1/C=N/NC(=O)C(Cc1ccccc1)NS(=O)(=O)c1ccc(C)cc1. The monoisotopic (exact) mass is 493 g/mol. The van der Waals surface area contributed by atoms with Crippen molar-refractivity contribution < 1.29 is 17.9 Å². The standard InChI is InChI=1S/C27H31N3O4S/c1-3-4-18-34-26-13-9-8-12-23(26)20-28-29-27(31)25(19-22-10-6-5-7-11-22)30-35(32,33)24-16-14-21(2)15-17-24/h5-17,20,25,30H,3-4,18-19H2,1-2H3,(H,29,31)/b28-20+. The summed E-state index contributed by atoms with van der Waals surface area (Å²) in [5, 5.41) is 4.07. The number of hydrogen-bond acceptors (Lipinski definition) is 5. The highest BCUT2D eigenvalue weighted by Gasteiger charge is 2.26. The van der Waals surface area contributed by atoms with Gasteiger partial charge in [-0.15, -0.1) is 0 Å². The largest absolute Gasteiger partial charge is 0.493 e. The number of para-hydroxylation sites is 1. The molecule has 0 aliphatic heterocycles. The van der Waals surface area contributed by atoms with Gasteiger partial charge in [0.1, 0.15) is 11.8 Å². The molecule has 0 aromatic heterocycles. The normalized spacial score (nSPS) is 12.4. The number of nitrogens with one attached hydrogen (secondary N) is 2. The highest BCUT2D eigenvalue weighted by Crippen LogP contribution is 2.16. The predicted octanol–water partition coefficient (Wildman–Crippen LogP) is 4.21. The van der Waals surface area contributed by atoms with Crippen molar-refractivity contribution in [3.63, 3.8) is 0 Å². The van der Waals surface area contributed by atoms with Crippen LogP contribution < -0.4 is 14.9 Å². The first-order valence-corrected chi connectivity index (χ1v) is 13.0. The molecule has 0 fully saturated rings. The number of hydrogen-bond donors (Lipinski definition) is 2. The van der Waals surface area contributed by atoms with Gasteiger partial charge in [0.05, 0.1) is 17.7 Å². The molecule has 0 saturated heterocycles. The number of hydrazone groups is 1. The molecule has 0 bridgehead atoms. The van der Waals surface area contributed by atoms with E-state index < -0.39 is 22.0 Å². The fourth-order valence-corrected chi connectivity index (χ4v) is 4.49. The van der Waals surface area contributed by atoms with Crippen LogP contribution in [0.1, 0.15) is 36.5 Å². The average Bonchev–Trinajstić information content (AvgIpc) is 2.85. The van der Waals surface area contributed by atoms with Crippen molar-refractivity contribution in [2.45, 2.75) is 44.0 Å². The third-order valence-electron chi connectivity index (χ3n) is 5.28. The number of amides is 1. The number of ether oxygens (including phenoxy) is 1. The molecule has 0 aliphatic rings. The summed E-state index contributed by atoms with van der Waals surface area (Å²) in [6.45, 7) is 4.55. The Morgan fingerprint density at radius 1 is 1.00 bits per heavy atom. The lowest BCUT2D eigenvalue weighted by molar-refractivity contribution is -0.122. The molecule has 3 rings (SSSR count). The smallest absolute Gasteiger partial charge is 0.258 e. The average molecular weight is 494 g/mol. The van der Waals surface area contributed by atoms with E-state index in [0.717, 1.165) is 24.0 Å². The fourth-order valence-electron chi connectivity index (χ4n) is 3.30. The van der Waals surface area contributed by atoms with Gasteiger partial charge >= 0.3 is 0 Å². The van der Waals surface area contributed by atoms with Crippen molar-refractivity contribution in [3.05, 3.63) is 95.6 Å². The molecule has 3 aromatic rings. The van der Waals surface area contributed by atoms with Crippen LogP contribution >= 0.6 is 0 Å². The van der Waals surface area contributed by atoms with E-state index in [-0.39, 0.29) is 11.3 Å². The van der Waals surface area contributed by atoms with Crippen LogP contribution in [-0.4, -0.2) is 33.2 Å². The maximum atomic E-state index is 13.0. The molecule has 1 amide bonds. The summed E-state index contributed by atoms with van der Waals surface area (Å²) < 4.78 is 34.3. The van der Waals surface area contributed by atoms with Crippen molar-refractivity contribution in [3.8, 4) is 5.75 Å². The zero-order chi connectivity index (χ0) is 25.1. The van der Waals surface area contributed by atoms with Crippen LogP contribution in [0.15, 0.2) is 88.9 Å². The molecule has 184 valence electrons. The van der Waals surface area contributed by atoms with Gasteiger partial charge in [-0.25, -0.2) is 13.8 Å². The second-order valence-corrected chi connectivity index (χ2v) is 9.86. The summed E-state index contributed by atoms with van der Waals surface area (Å²) in [4.78, 5) is 13.1. The molecule has 0 heterocycles. The molecule has 2 N–H and O–H groups in total. The van der Waals surface area contributed by atoms with E-state index in [1.807, 2.05) is 61.5 Å². The quantitative estimate of drug-likeness (QED) is 0.224. The maximum absolute atomic E-state index is 13.0. The van der Waals surface area contributed by atoms with E-state index in [1.54, 1.807) is 12.1 Å². The first kappa shape index (κ1) is 26.1. The summed E-state index contributed by atoms with van der Waals surface area (Å²) in [5.74, 6) is 0.102. The molecule has 8 heteroatoms. The van der Waals surface area contributed by atoms with Crippen LogP contribution in [0.3, 0.4) is 0 Å². The van der Waals surface area contributed by atoms with Crippen LogP contribution in [0.4, 0.5) is 0 Å². The van der Waals surface area contributed by atoms with Gasteiger partial charge in [0.25, 0.3) is 5.91 Å². The molecule has 3 aromatic carbocycles. The third-order valence-corrected chi connectivity index (χ3v) is 6.77. The van der Waals surface area contributed by atoms with Gasteiger partial charge in [-0.2, -0.15) is 9.82 Å². The molecule has 7 nitrogen and oxygen atoms in total. The molecular weight excluding hydrogens is 462 g/mol. The first-order valence-electron chi connectivity index (χ1n) is 11.6. The predicted molar refractivity (Wildman–Crippen MR) is 138 cm³/mol. The van der Waals surface area contributed by atoms with Crippen molar-refractivity contribution >= 4 is 22.1 Å². The van der Waals surface area contributed by atoms with E-state index in [2.05, 4.69) is 22.2 Å². The summed E-state index contributed by atoms with van der Waals surface area (Å²) in [7, 11) is -3.92. The number of sulfonamides is 1. The Labute approximate surface area is 207 Å². The number of aryl methyl sites for hydroxylation is 1. The molecule has 35 heavy (non-hydrogen) atoms. The Bertz CT molecular complexity index is 1230. The van der Waals surface area contributed by atoms with Gasteiger partial charge in [0, 0.05) is 5.56 Å².